The molecule has 11 heavy (non-hydrogen) atoms. The van der Waals surface area contributed by atoms with E-state index in [4.69, 9.17) is 10.2 Å². The quantitative estimate of drug-likeness (QED) is 0.681. The van der Waals surface area contributed by atoms with E-state index in [0.717, 1.165) is 6.07 Å². The van der Waals surface area contributed by atoms with Crippen molar-refractivity contribution in [2.45, 2.75) is 0 Å². The highest BCUT2D eigenvalue weighted by atomic mass is 32.1. The minimum absolute atomic E-state index is 0.0672. The summed E-state index contributed by atoms with van der Waals surface area (Å²) in [6, 6.07) is 1.02. The normalized spacial score (nSPS) is 9.45. The molecular formula is C5H3NO4S. The molecule has 1 aromatic rings. The van der Waals surface area contributed by atoms with Gasteiger partial charge in [0.1, 0.15) is 4.88 Å². The summed E-state index contributed by atoms with van der Waals surface area (Å²) in [5, 5.41) is 16.7. The highest BCUT2D eigenvalue weighted by molar-refractivity contribution is 7.08. The molecule has 0 radical (unpaired) electrons. The van der Waals surface area contributed by atoms with Crippen LogP contribution in [0.25, 0.3) is 0 Å². The van der Waals surface area contributed by atoms with Gasteiger partial charge in [0.25, 0.3) is 0 Å². The van der Waals surface area contributed by atoms with Crippen LogP contribution in [0.5, 0.6) is 0 Å². The van der Waals surface area contributed by atoms with Crippen LogP contribution in [0.4, 0.5) is 0 Å². The van der Waals surface area contributed by atoms with Crippen molar-refractivity contribution < 1.29 is 19.8 Å². The third-order valence-corrected chi connectivity index (χ3v) is 1.72. The Kier molecular flexibility index (Phi) is 1.86. The molecular weight excluding hydrogens is 170 g/mol. The van der Waals surface area contributed by atoms with E-state index in [1.54, 1.807) is 0 Å². The Labute approximate surface area is 65.1 Å². The summed E-state index contributed by atoms with van der Waals surface area (Å²) in [7, 11) is 0. The number of rotatable bonds is 2. The summed E-state index contributed by atoms with van der Waals surface area (Å²) in [5.41, 5.74) is -0.229. The Hall–Kier alpha value is -1.43. The Morgan fingerprint density at radius 1 is 1.36 bits per heavy atom. The van der Waals surface area contributed by atoms with Crippen molar-refractivity contribution in [2.24, 2.45) is 0 Å². The zero-order valence-corrected chi connectivity index (χ0v) is 5.96. The van der Waals surface area contributed by atoms with Crippen molar-refractivity contribution >= 4 is 23.5 Å². The van der Waals surface area contributed by atoms with E-state index >= 15 is 0 Å². The van der Waals surface area contributed by atoms with E-state index < -0.39 is 11.9 Å². The van der Waals surface area contributed by atoms with Gasteiger partial charge in [0.15, 0.2) is 5.69 Å². The molecule has 0 aliphatic carbocycles. The second-order valence-electron chi connectivity index (χ2n) is 1.69. The molecule has 0 bridgehead atoms. The van der Waals surface area contributed by atoms with E-state index in [-0.39, 0.29) is 10.6 Å². The zero-order valence-electron chi connectivity index (χ0n) is 5.14. The summed E-state index contributed by atoms with van der Waals surface area (Å²) in [5.74, 6) is -2.37. The predicted molar refractivity (Wildman–Crippen MR) is 36.0 cm³/mol. The summed E-state index contributed by atoms with van der Waals surface area (Å²) < 4.78 is 3.40. The molecule has 6 heteroatoms. The molecule has 0 atom stereocenters. The number of carboxylic acid groups (broad SMARTS) is 2. The number of carbonyl (C=O) groups is 2. The van der Waals surface area contributed by atoms with E-state index in [1.165, 1.54) is 0 Å². The number of hydrogen-bond acceptors (Lipinski definition) is 4. The van der Waals surface area contributed by atoms with Crippen LogP contribution < -0.4 is 0 Å². The summed E-state index contributed by atoms with van der Waals surface area (Å²) in [6.45, 7) is 0. The summed E-state index contributed by atoms with van der Waals surface area (Å²) in [6.07, 6.45) is 0. The van der Waals surface area contributed by atoms with Crippen molar-refractivity contribution in [3.63, 3.8) is 0 Å². The summed E-state index contributed by atoms with van der Waals surface area (Å²) in [4.78, 5) is 20.3. The first-order valence-corrected chi connectivity index (χ1v) is 3.32. The fourth-order valence-corrected chi connectivity index (χ4v) is 1.05. The van der Waals surface area contributed by atoms with Gasteiger partial charge in [-0.15, -0.1) is 0 Å². The lowest BCUT2D eigenvalue weighted by Crippen LogP contribution is -1.96. The number of carboxylic acids is 2. The minimum Gasteiger partial charge on any atom is -0.477 e. The van der Waals surface area contributed by atoms with Crippen molar-refractivity contribution in [2.75, 3.05) is 0 Å². The monoisotopic (exact) mass is 173 g/mol. The lowest BCUT2D eigenvalue weighted by atomic mass is 10.4. The van der Waals surface area contributed by atoms with E-state index in [9.17, 15) is 9.59 Å². The van der Waals surface area contributed by atoms with E-state index in [2.05, 4.69) is 4.37 Å². The van der Waals surface area contributed by atoms with E-state index in [0.29, 0.717) is 11.5 Å². The Bertz CT molecular complexity index is 277. The number of hydrogen-bond donors (Lipinski definition) is 2. The first-order chi connectivity index (χ1) is 5.11. The molecule has 1 heterocycles. The van der Waals surface area contributed by atoms with Gasteiger partial charge in [0.2, 0.25) is 0 Å². The molecule has 5 nitrogen and oxygen atoms in total. The topological polar surface area (TPSA) is 87.5 Å². The van der Waals surface area contributed by atoms with Crippen LogP contribution in [0.1, 0.15) is 20.2 Å². The van der Waals surface area contributed by atoms with Gasteiger partial charge in [-0.2, -0.15) is 4.37 Å². The van der Waals surface area contributed by atoms with Gasteiger partial charge in [0.05, 0.1) is 0 Å². The van der Waals surface area contributed by atoms with Crippen LogP contribution in [0.3, 0.4) is 0 Å². The number of aromatic carboxylic acids is 2. The van der Waals surface area contributed by atoms with Crippen LogP contribution in [-0.2, 0) is 0 Å². The highest BCUT2D eigenvalue weighted by Gasteiger charge is 2.12. The Morgan fingerprint density at radius 3 is 2.27 bits per heavy atom. The lowest BCUT2D eigenvalue weighted by molar-refractivity contribution is 0.0691. The van der Waals surface area contributed by atoms with Crippen LogP contribution in [0, 0.1) is 0 Å². The smallest absolute Gasteiger partial charge is 0.355 e. The third-order valence-electron chi connectivity index (χ3n) is 0.940. The maximum atomic E-state index is 10.2. The molecule has 1 rings (SSSR count). The molecule has 1 aromatic heterocycles. The molecule has 0 saturated heterocycles. The van der Waals surface area contributed by atoms with Crippen LogP contribution in [0.15, 0.2) is 6.07 Å². The summed E-state index contributed by atoms with van der Waals surface area (Å²) >= 11 is 0.656. The molecule has 0 aliphatic heterocycles. The van der Waals surface area contributed by atoms with Gasteiger partial charge >= 0.3 is 11.9 Å². The van der Waals surface area contributed by atoms with Gasteiger partial charge in [-0.3, -0.25) is 0 Å². The molecule has 0 saturated carbocycles. The largest absolute Gasteiger partial charge is 0.477 e. The van der Waals surface area contributed by atoms with Crippen LogP contribution >= 0.6 is 11.5 Å². The Morgan fingerprint density at radius 2 is 2.00 bits per heavy atom. The average Bonchev–Trinajstić information content (AvgIpc) is 2.33. The van der Waals surface area contributed by atoms with Gasteiger partial charge in [0, 0.05) is 0 Å². The molecule has 0 fully saturated rings. The van der Waals surface area contributed by atoms with Crippen molar-refractivity contribution in [3.05, 3.63) is 16.6 Å². The number of nitrogens with zero attached hydrogens (tertiary/aromatic N) is 1. The molecule has 0 spiro atoms. The molecule has 58 valence electrons. The maximum Gasteiger partial charge on any atom is 0.355 e. The SMILES string of the molecule is O=C(O)c1cc(C(=O)O)sn1. The Balaban J connectivity index is 2.99. The first kappa shape index (κ1) is 7.67. The standard InChI is InChI=1S/C5H3NO4S/c7-4(8)2-1-3(5(9)10)11-6-2/h1H,(H,7,8)(H,9,10). The second kappa shape index (κ2) is 2.67. The van der Waals surface area contributed by atoms with Crippen LogP contribution in [0.2, 0.25) is 0 Å². The second-order valence-corrected chi connectivity index (χ2v) is 2.49. The average molecular weight is 173 g/mol. The van der Waals surface area contributed by atoms with Crippen molar-refractivity contribution in [1.29, 1.82) is 0 Å². The van der Waals surface area contributed by atoms with E-state index in [1.807, 2.05) is 0 Å². The molecule has 0 unspecified atom stereocenters. The fourth-order valence-electron chi connectivity index (χ4n) is 0.477. The van der Waals surface area contributed by atoms with Crippen molar-refractivity contribution in [3.8, 4) is 0 Å². The fraction of sp³-hybridized carbons (Fsp3) is 0. The predicted octanol–water partition coefficient (Wildman–Crippen LogP) is 0.540. The van der Waals surface area contributed by atoms with Gasteiger partial charge in [-0.05, 0) is 17.6 Å². The van der Waals surface area contributed by atoms with Crippen LogP contribution in [-0.4, -0.2) is 26.5 Å². The van der Waals surface area contributed by atoms with Crippen molar-refractivity contribution in [1.82, 2.24) is 4.37 Å². The molecule has 2 N–H and O–H groups in total. The lowest BCUT2D eigenvalue weighted by Gasteiger charge is -1.80. The van der Waals surface area contributed by atoms with Gasteiger partial charge in [-0.25, -0.2) is 9.59 Å². The highest BCUT2D eigenvalue weighted by Crippen LogP contribution is 2.09. The zero-order chi connectivity index (χ0) is 8.43. The molecule has 0 aliphatic rings. The number of aromatic nitrogens is 1. The molecule has 0 amide bonds. The van der Waals surface area contributed by atoms with Gasteiger partial charge < -0.3 is 10.2 Å². The maximum absolute atomic E-state index is 10.2. The van der Waals surface area contributed by atoms with Gasteiger partial charge in [-0.1, -0.05) is 0 Å². The third kappa shape index (κ3) is 1.53. The minimum atomic E-state index is -1.21. The first-order valence-electron chi connectivity index (χ1n) is 2.54. The molecule has 0 aromatic carbocycles.